The second-order valence-electron chi connectivity index (χ2n) is 4.42. The van der Waals surface area contributed by atoms with Gasteiger partial charge >= 0.3 is 0 Å². The van der Waals surface area contributed by atoms with Crippen LogP contribution in [0.2, 0.25) is 0 Å². The molecule has 1 aromatic rings. The summed E-state index contributed by atoms with van der Waals surface area (Å²) in [6, 6.07) is 8.65. The van der Waals surface area contributed by atoms with Crippen LogP contribution in [0.1, 0.15) is 36.9 Å². The van der Waals surface area contributed by atoms with Crippen LogP contribution in [-0.4, -0.2) is 22.8 Å². The maximum absolute atomic E-state index is 11.9. The second kappa shape index (κ2) is 7.62. The van der Waals surface area contributed by atoms with Gasteiger partial charge in [0.05, 0.1) is 0 Å². The van der Waals surface area contributed by atoms with E-state index in [1.807, 2.05) is 7.05 Å². The van der Waals surface area contributed by atoms with Gasteiger partial charge in [-0.15, -0.1) is 0 Å². The molecule has 17 heavy (non-hydrogen) atoms. The number of aryl methyl sites for hydroxylation is 1. The van der Waals surface area contributed by atoms with E-state index in [0.29, 0.717) is 5.75 Å². The zero-order valence-corrected chi connectivity index (χ0v) is 11.8. The quantitative estimate of drug-likeness (QED) is 0.809. The van der Waals surface area contributed by atoms with E-state index >= 15 is 0 Å². The lowest BCUT2D eigenvalue weighted by atomic mass is 10.1. The van der Waals surface area contributed by atoms with Gasteiger partial charge in [-0.1, -0.05) is 43.2 Å². The molecule has 0 aromatic heterocycles. The Balaban J connectivity index is 2.59. The lowest BCUT2D eigenvalue weighted by Crippen LogP contribution is -2.23. The van der Waals surface area contributed by atoms with E-state index < -0.39 is 10.8 Å². The average molecular weight is 253 g/mol. The molecule has 0 amide bonds. The molecule has 0 saturated carbocycles. The summed E-state index contributed by atoms with van der Waals surface area (Å²) in [5.41, 5.74) is 2.48. The Morgan fingerprint density at radius 1 is 1.29 bits per heavy atom. The summed E-state index contributed by atoms with van der Waals surface area (Å²) in [5.74, 6) is 1.53. The van der Waals surface area contributed by atoms with Crippen molar-refractivity contribution in [1.82, 2.24) is 5.32 Å². The first-order valence-corrected chi connectivity index (χ1v) is 7.75. The van der Waals surface area contributed by atoms with Crippen LogP contribution in [0.15, 0.2) is 24.3 Å². The molecule has 0 aliphatic rings. The Labute approximate surface area is 107 Å². The summed E-state index contributed by atoms with van der Waals surface area (Å²) in [7, 11) is 1.21. The molecule has 0 fully saturated rings. The topological polar surface area (TPSA) is 29.1 Å². The Kier molecular flexibility index (Phi) is 6.45. The van der Waals surface area contributed by atoms with Crippen molar-refractivity contribution in [3.63, 3.8) is 0 Å². The van der Waals surface area contributed by atoms with E-state index in [2.05, 4.69) is 43.4 Å². The van der Waals surface area contributed by atoms with E-state index in [9.17, 15) is 4.21 Å². The van der Waals surface area contributed by atoms with Crippen molar-refractivity contribution >= 4 is 10.8 Å². The molecule has 3 heteroatoms. The number of benzene rings is 1. The first kappa shape index (κ1) is 14.4. The highest BCUT2D eigenvalue weighted by Gasteiger charge is 2.12. The van der Waals surface area contributed by atoms with E-state index in [0.717, 1.165) is 18.6 Å². The van der Waals surface area contributed by atoms with Crippen LogP contribution in [-0.2, 0) is 10.8 Å². The third-order valence-electron chi connectivity index (χ3n) is 2.91. The Morgan fingerprint density at radius 3 is 2.47 bits per heavy atom. The highest BCUT2D eigenvalue weighted by Crippen LogP contribution is 2.15. The van der Waals surface area contributed by atoms with Crippen molar-refractivity contribution in [1.29, 1.82) is 0 Å². The molecule has 0 aliphatic heterocycles. The zero-order chi connectivity index (χ0) is 12.7. The SMILES string of the molecule is CCCCS(=O)CC(NC)c1ccc(C)cc1. The van der Waals surface area contributed by atoms with Gasteiger partial charge in [0.1, 0.15) is 0 Å². The summed E-state index contributed by atoms with van der Waals surface area (Å²) in [5, 5.41) is 3.25. The predicted molar refractivity (Wildman–Crippen MR) is 75.8 cm³/mol. The van der Waals surface area contributed by atoms with Crippen LogP contribution in [0.3, 0.4) is 0 Å². The van der Waals surface area contributed by atoms with Crippen molar-refractivity contribution in [3.05, 3.63) is 35.4 Å². The van der Waals surface area contributed by atoms with Crippen LogP contribution in [0, 0.1) is 6.92 Å². The second-order valence-corrected chi connectivity index (χ2v) is 6.04. The van der Waals surface area contributed by atoms with Crippen LogP contribution >= 0.6 is 0 Å². The average Bonchev–Trinajstić information content (AvgIpc) is 2.34. The minimum Gasteiger partial charge on any atom is -0.312 e. The predicted octanol–water partition coefficient (Wildman–Crippen LogP) is 2.80. The minimum atomic E-state index is -0.718. The third-order valence-corrected chi connectivity index (χ3v) is 4.36. The molecule has 2 unspecified atom stereocenters. The largest absolute Gasteiger partial charge is 0.312 e. The molecule has 1 N–H and O–H groups in total. The van der Waals surface area contributed by atoms with Gasteiger partial charge in [0.25, 0.3) is 0 Å². The maximum Gasteiger partial charge on any atom is 0.0434 e. The van der Waals surface area contributed by atoms with Gasteiger partial charge in [-0.05, 0) is 26.0 Å². The van der Waals surface area contributed by atoms with Gasteiger partial charge in [-0.3, -0.25) is 4.21 Å². The van der Waals surface area contributed by atoms with Crippen LogP contribution < -0.4 is 5.32 Å². The van der Waals surface area contributed by atoms with Crippen molar-refractivity contribution < 1.29 is 4.21 Å². The normalized spacial score (nSPS) is 14.5. The summed E-state index contributed by atoms with van der Waals surface area (Å²) in [6.07, 6.45) is 2.16. The van der Waals surface area contributed by atoms with E-state index in [4.69, 9.17) is 0 Å². The highest BCUT2D eigenvalue weighted by molar-refractivity contribution is 7.85. The van der Waals surface area contributed by atoms with Crippen LogP contribution in [0.25, 0.3) is 0 Å². The molecule has 2 atom stereocenters. The molecule has 1 aromatic carbocycles. The van der Waals surface area contributed by atoms with E-state index in [-0.39, 0.29) is 6.04 Å². The third kappa shape index (κ3) is 5.00. The Bertz CT molecular complexity index is 348. The fraction of sp³-hybridized carbons (Fsp3) is 0.571. The van der Waals surface area contributed by atoms with Gasteiger partial charge < -0.3 is 5.32 Å². The molecule has 96 valence electrons. The summed E-state index contributed by atoms with van der Waals surface area (Å²) in [6.45, 7) is 4.21. The number of hydrogen-bond acceptors (Lipinski definition) is 2. The lowest BCUT2D eigenvalue weighted by molar-refractivity contribution is 0.633. The fourth-order valence-electron chi connectivity index (χ4n) is 1.72. The number of rotatable bonds is 7. The standard InChI is InChI=1S/C14H23NOS/c1-4-5-10-17(16)11-14(15-3)13-8-6-12(2)7-9-13/h6-9,14-15H,4-5,10-11H2,1-3H3. The molecule has 2 nitrogen and oxygen atoms in total. The van der Waals surface area contributed by atoms with Crippen LogP contribution in [0.5, 0.6) is 0 Å². The van der Waals surface area contributed by atoms with Gasteiger partial charge in [-0.25, -0.2) is 0 Å². The number of nitrogens with one attached hydrogen (secondary N) is 1. The first-order valence-electron chi connectivity index (χ1n) is 6.26. The number of unbranched alkanes of at least 4 members (excludes halogenated alkanes) is 1. The van der Waals surface area contributed by atoms with Gasteiger partial charge in [0.2, 0.25) is 0 Å². The molecule has 0 spiro atoms. The summed E-state index contributed by atoms with van der Waals surface area (Å²) >= 11 is 0. The molecule has 0 heterocycles. The van der Waals surface area contributed by atoms with Gasteiger partial charge in [0, 0.05) is 28.3 Å². The first-order chi connectivity index (χ1) is 8.17. The number of hydrogen-bond donors (Lipinski definition) is 1. The lowest BCUT2D eigenvalue weighted by Gasteiger charge is -2.16. The Hall–Kier alpha value is -0.670. The summed E-state index contributed by atoms with van der Waals surface area (Å²) in [4.78, 5) is 0. The molecular formula is C14H23NOS. The monoisotopic (exact) mass is 253 g/mol. The molecule has 0 radical (unpaired) electrons. The highest BCUT2D eigenvalue weighted by atomic mass is 32.2. The fourth-order valence-corrected chi connectivity index (χ4v) is 3.23. The molecule has 0 aliphatic carbocycles. The van der Waals surface area contributed by atoms with Crippen LogP contribution in [0.4, 0.5) is 0 Å². The smallest absolute Gasteiger partial charge is 0.0434 e. The molecule has 0 bridgehead atoms. The molecular weight excluding hydrogens is 230 g/mol. The van der Waals surface area contributed by atoms with E-state index in [1.54, 1.807) is 0 Å². The van der Waals surface area contributed by atoms with Crippen molar-refractivity contribution in [2.24, 2.45) is 0 Å². The van der Waals surface area contributed by atoms with Crippen molar-refractivity contribution in [3.8, 4) is 0 Å². The Morgan fingerprint density at radius 2 is 1.94 bits per heavy atom. The maximum atomic E-state index is 11.9. The molecule has 1 rings (SSSR count). The minimum absolute atomic E-state index is 0.202. The van der Waals surface area contributed by atoms with Gasteiger partial charge in [0.15, 0.2) is 0 Å². The summed E-state index contributed by atoms with van der Waals surface area (Å²) < 4.78 is 11.9. The molecule has 0 saturated heterocycles. The van der Waals surface area contributed by atoms with Crippen molar-refractivity contribution in [2.45, 2.75) is 32.7 Å². The van der Waals surface area contributed by atoms with Gasteiger partial charge in [-0.2, -0.15) is 0 Å². The van der Waals surface area contributed by atoms with Crippen molar-refractivity contribution in [2.75, 3.05) is 18.6 Å². The zero-order valence-electron chi connectivity index (χ0n) is 11.0. The van der Waals surface area contributed by atoms with E-state index in [1.165, 1.54) is 11.1 Å².